The molecule has 0 radical (unpaired) electrons. The third-order valence-corrected chi connectivity index (χ3v) is 4.16. The Morgan fingerprint density at radius 3 is 2.86 bits per heavy atom. The number of carbonyl (C=O) groups excluding carboxylic acids is 1. The Labute approximate surface area is 129 Å². The van der Waals surface area contributed by atoms with Gasteiger partial charge in [0.2, 0.25) is 0 Å². The molecule has 2 rings (SSSR count). The summed E-state index contributed by atoms with van der Waals surface area (Å²) in [5.74, 6) is -2.84. The van der Waals surface area contributed by atoms with Crippen LogP contribution in [0.2, 0.25) is 0 Å². The van der Waals surface area contributed by atoms with Gasteiger partial charge in [0.05, 0.1) is 7.11 Å². The van der Waals surface area contributed by atoms with Crippen molar-refractivity contribution in [2.75, 3.05) is 26.7 Å². The fourth-order valence-electron chi connectivity index (χ4n) is 2.92. The molecule has 1 unspecified atom stereocenters. The van der Waals surface area contributed by atoms with E-state index >= 15 is 0 Å². The number of ether oxygens (including phenoxy) is 1. The van der Waals surface area contributed by atoms with E-state index in [4.69, 9.17) is 4.74 Å². The summed E-state index contributed by atoms with van der Waals surface area (Å²) in [4.78, 5) is 14.5. The van der Waals surface area contributed by atoms with E-state index in [-0.39, 0.29) is 17.4 Å². The zero-order valence-corrected chi connectivity index (χ0v) is 13.0. The number of likely N-dealkylation sites (N-methyl/N-ethyl adjacent to an activating group) is 1. The van der Waals surface area contributed by atoms with Crippen LogP contribution >= 0.6 is 0 Å². The van der Waals surface area contributed by atoms with Crippen LogP contribution in [0.4, 0.5) is 8.78 Å². The molecule has 1 saturated heterocycles. The molecule has 1 amide bonds. The van der Waals surface area contributed by atoms with Crippen LogP contribution in [0.1, 0.15) is 36.5 Å². The molecule has 1 aromatic rings. The Bertz CT molecular complexity index is 537. The zero-order chi connectivity index (χ0) is 16.1. The molecule has 0 bridgehead atoms. The quantitative estimate of drug-likeness (QED) is 0.908. The maximum atomic E-state index is 13.9. The van der Waals surface area contributed by atoms with Gasteiger partial charge in [-0.3, -0.25) is 9.69 Å². The first-order valence-electron chi connectivity index (χ1n) is 7.62. The largest absolute Gasteiger partial charge is 0.496 e. The van der Waals surface area contributed by atoms with Crippen molar-refractivity contribution >= 4 is 5.91 Å². The van der Waals surface area contributed by atoms with Crippen molar-refractivity contribution in [1.82, 2.24) is 10.2 Å². The Kier molecular flexibility index (Phi) is 5.71. The van der Waals surface area contributed by atoms with Gasteiger partial charge in [-0.15, -0.1) is 0 Å². The molecule has 1 atom stereocenters. The third-order valence-electron chi connectivity index (χ3n) is 4.16. The molecule has 0 aliphatic carbocycles. The highest BCUT2D eigenvalue weighted by Crippen LogP contribution is 2.23. The first-order valence-corrected chi connectivity index (χ1v) is 7.62. The predicted octanol–water partition coefficient (Wildman–Crippen LogP) is 2.58. The van der Waals surface area contributed by atoms with E-state index in [0.717, 1.165) is 38.4 Å². The monoisotopic (exact) mass is 312 g/mol. The van der Waals surface area contributed by atoms with Gasteiger partial charge in [-0.1, -0.05) is 13.3 Å². The number of likely N-dealkylation sites (tertiary alicyclic amines) is 1. The summed E-state index contributed by atoms with van der Waals surface area (Å²) in [7, 11) is 1.32. The standard InChI is InChI=1S/C16H22F2N2O2/c1-3-20-9-5-4-6-11(20)10-19-16(21)14-13(22-2)8-7-12(17)15(14)18/h7-8,11H,3-6,9-10H2,1-2H3,(H,19,21). The molecule has 1 aromatic carbocycles. The lowest BCUT2D eigenvalue weighted by Gasteiger charge is -2.34. The second-order valence-electron chi connectivity index (χ2n) is 5.43. The molecule has 1 N–H and O–H groups in total. The number of nitrogens with zero attached hydrogens (tertiary/aromatic N) is 1. The highest BCUT2D eigenvalue weighted by atomic mass is 19.2. The van der Waals surface area contributed by atoms with Crippen molar-refractivity contribution in [3.05, 3.63) is 29.3 Å². The van der Waals surface area contributed by atoms with E-state index in [2.05, 4.69) is 17.1 Å². The Morgan fingerprint density at radius 2 is 2.18 bits per heavy atom. The van der Waals surface area contributed by atoms with Crippen LogP contribution in [-0.2, 0) is 0 Å². The molecular formula is C16H22F2N2O2. The molecule has 1 aliphatic rings. The lowest BCUT2D eigenvalue weighted by atomic mass is 10.0. The number of benzene rings is 1. The molecule has 0 aromatic heterocycles. The summed E-state index contributed by atoms with van der Waals surface area (Å²) >= 11 is 0. The first-order chi connectivity index (χ1) is 10.6. The van der Waals surface area contributed by atoms with E-state index in [9.17, 15) is 13.6 Å². The molecule has 0 spiro atoms. The predicted molar refractivity (Wildman–Crippen MR) is 80.1 cm³/mol. The molecule has 6 heteroatoms. The number of amides is 1. The summed E-state index contributed by atoms with van der Waals surface area (Å²) in [5, 5.41) is 2.71. The van der Waals surface area contributed by atoms with Gasteiger partial charge in [0.25, 0.3) is 5.91 Å². The third kappa shape index (κ3) is 3.55. The van der Waals surface area contributed by atoms with Crippen LogP contribution in [0.15, 0.2) is 12.1 Å². The summed E-state index contributed by atoms with van der Waals surface area (Å²) in [5.41, 5.74) is -0.374. The van der Waals surface area contributed by atoms with E-state index in [0.29, 0.717) is 6.54 Å². The highest BCUT2D eigenvalue weighted by Gasteiger charge is 2.24. The van der Waals surface area contributed by atoms with E-state index in [1.807, 2.05) is 0 Å². The summed E-state index contributed by atoms with van der Waals surface area (Å²) in [6.45, 7) is 4.42. The Hall–Kier alpha value is -1.69. The molecule has 22 heavy (non-hydrogen) atoms. The molecular weight excluding hydrogens is 290 g/mol. The van der Waals surface area contributed by atoms with Gasteiger partial charge in [0.1, 0.15) is 11.3 Å². The van der Waals surface area contributed by atoms with Crippen molar-refractivity contribution in [1.29, 1.82) is 0 Å². The number of hydrogen-bond donors (Lipinski definition) is 1. The average Bonchev–Trinajstić information content (AvgIpc) is 2.55. The maximum absolute atomic E-state index is 13.9. The van der Waals surface area contributed by atoms with Gasteiger partial charge in [-0.25, -0.2) is 8.78 Å². The van der Waals surface area contributed by atoms with E-state index in [1.165, 1.54) is 13.2 Å². The molecule has 1 fully saturated rings. The van der Waals surface area contributed by atoms with Gasteiger partial charge < -0.3 is 10.1 Å². The first kappa shape index (κ1) is 16.7. The van der Waals surface area contributed by atoms with Crippen LogP contribution in [-0.4, -0.2) is 43.6 Å². The van der Waals surface area contributed by atoms with Gasteiger partial charge in [-0.2, -0.15) is 0 Å². The van der Waals surface area contributed by atoms with Crippen molar-refractivity contribution in [2.45, 2.75) is 32.2 Å². The number of piperidine rings is 1. The number of carbonyl (C=O) groups is 1. The van der Waals surface area contributed by atoms with E-state index in [1.54, 1.807) is 0 Å². The second kappa shape index (κ2) is 7.54. The summed E-state index contributed by atoms with van der Waals surface area (Å²) in [6, 6.07) is 2.45. The highest BCUT2D eigenvalue weighted by molar-refractivity contribution is 5.97. The van der Waals surface area contributed by atoms with Crippen LogP contribution in [0.3, 0.4) is 0 Å². The minimum absolute atomic E-state index is 0.0346. The Morgan fingerprint density at radius 1 is 1.41 bits per heavy atom. The molecule has 122 valence electrons. The van der Waals surface area contributed by atoms with Gasteiger partial charge in [0, 0.05) is 12.6 Å². The minimum Gasteiger partial charge on any atom is -0.496 e. The molecule has 1 aliphatic heterocycles. The number of hydrogen-bond acceptors (Lipinski definition) is 3. The molecule has 1 heterocycles. The van der Waals surface area contributed by atoms with Crippen LogP contribution in [0.25, 0.3) is 0 Å². The average molecular weight is 312 g/mol. The Balaban J connectivity index is 2.08. The van der Waals surface area contributed by atoms with Crippen LogP contribution < -0.4 is 10.1 Å². The van der Waals surface area contributed by atoms with E-state index < -0.39 is 17.5 Å². The number of nitrogens with one attached hydrogen (secondary N) is 1. The van der Waals surface area contributed by atoms with Gasteiger partial charge in [-0.05, 0) is 38.1 Å². The minimum atomic E-state index is -1.17. The molecule has 0 saturated carbocycles. The smallest absolute Gasteiger partial charge is 0.258 e. The van der Waals surface area contributed by atoms with Crippen molar-refractivity contribution in [3.8, 4) is 5.75 Å². The zero-order valence-electron chi connectivity index (χ0n) is 13.0. The maximum Gasteiger partial charge on any atom is 0.258 e. The van der Waals surface area contributed by atoms with Gasteiger partial charge in [0.15, 0.2) is 11.6 Å². The van der Waals surface area contributed by atoms with Gasteiger partial charge >= 0.3 is 0 Å². The van der Waals surface area contributed by atoms with Crippen molar-refractivity contribution in [2.24, 2.45) is 0 Å². The SMILES string of the molecule is CCN1CCCCC1CNC(=O)c1c(OC)ccc(F)c1F. The van der Waals surface area contributed by atoms with Crippen LogP contribution in [0, 0.1) is 11.6 Å². The lowest BCUT2D eigenvalue weighted by molar-refractivity contribution is 0.0909. The van der Waals surface area contributed by atoms with Crippen molar-refractivity contribution < 1.29 is 18.3 Å². The number of halogens is 2. The summed E-state index contributed by atoms with van der Waals surface area (Å²) in [6.07, 6.45) is 3.27. The number of methoxy groups -OCH3 is 1. The van der Waals surface area contributed by atoms with Crippen molar-refractivity contribution in [3.63, 3.8) is 0 Å². The number of rotatable bonds is 5. The fraction of sp³-hybridized carbons (Fsp3) is 0.562. The summed E-state index contributed by atoms with van der Waals surface area (Å²) < 4.78 is 32.2. The fourth-order valence-corrected chi connectivity index (χ4v) is 2.92. The molecule has 4 nitrogen and oxygen atoms in total. The second-order valence-corrected chi connectivity index (χ2v) is 5.43. The lowest BCUT2D eigenvalue weighted by Crippen LogP contribution is -2.46. The van der Waals surface area contributed by atoms with Crippen LogP contribution in [0.5, 0.6) is 5.75 Å². The normalized spacial score (nSPS) is 19.0. The topological polar surface area (TPSA) is 41.6 Å².